The molecule has 0 aliphatic carbocycles. The maximum Gasteiger partial charge on any atom is 0.220 e. The zero-order valence-corrected chi connectivity index (χ0v) is 16.0. The third-order valence-electron chi connectivity index (χ3n) is 3.46. The maximum atomic E-state index is 11.7. The second-order valence-electron chi connectivity index (χ2n) is 5.49. The molecule has 6 nitrogen and oxygen atoms in total. The molecule has 0 aromatic rings. The summed E-state index contributed by atoms with van der Waals surface area (Å²) in [6, 6.07) is 0. The maximum absolute atomic E-state index is 11.7. The molecule has 0 radical (unpaired) electrons. The number of aliphatic hydroxyl groups is 1. The average molecular weight is 382 g/mol. The van der Waals surface area contributed by atoms with Crippen molar-refractivity contribution >= 4 is 27.5 Å². The fraction of sp³-hybridized carbons (Fsp3) is 0.938. The van der Waals surface area contributed by atoms with Crippen molar-refractivity contribution in [2.75, 3.05) is 58.5 Å². The van der Waals surface area contributed by atoms with Crippen molar-refractivity contribution < 1.29 is 24.1 Å². The fourth-order valence-corrected chi connectivity index (χ4v) is 5.21. The van der Waals surface area contributed by atoms with Crippen LogP contribution in [0.4, 0.5) is 0 Å². The monoisotopic (exact) mass is 381 g/mol. The van der Waals surface area contributed by atoms with Gasteiger partial charge >= 0.3 is 0 Å². The van der Waals surface area contributed by atoms with Gasteiger partial charge < -0.3 is 24.6 Å². The molecule has 0 saturated carbocycles. The molecule has 0 aromatic carbocycles. The Morgan fingerprint density at radius 2 is 1.75 bits per heavy atom. The van der Waals surface area contributed by atoms with E-state index in [1.54, 1.807) is 0 Å². The third-order valence-corrected chi connectivity index (χ3v) is 6.46. The van der Waals surface area contributed by atoms with Crippen molar-refractivity contribution in [3.63, 3.8) is 0 Å². The van der Waals surface area contributed by atoms with Gasteiger partial charge in [-0.3, -0.25) is 4.79 Å². The van der Waals surface area contributed by atoms with Gasteiger partial charge in [-0.2, -0.15) is 0 Å². The largest absolute Gasteiger partial charge is 0.394 e. The molecule has 142 valence electrons. The Bertz CT molecular complexity index is 304. The van der Waals surface area contributed by atoms with Crippen molar-refractivity contribution in [1.82, 2.24) is 5.32 Å². The highest BCUT2D eigenvalue weighted by Crippen LogP contribution is 2.39. The minimum atomic E-state index is 0.0353. The Morgan fingerprint density at radius 3 is 2.42 bits per heavy atom. The lowest BCUT2D eigenvalue weighted by atomic mass is 10.1. The minimum Gasteiger partial charge on any atom is -0.394 e. The lowest BCUT2D eigenvalue weighted by Gasteiger charge is -2.08. The van der Waals surface area contributed by atoms with Gasteiger partial charge in [0.1, 0.15) is 0 Å². The predicted molar refractivity (Wildman–Crippen MR) is 99.5 cm³/mol. The predicted octanol–water partition coefficient (Wildman–Crippen LogP) is 1.86. The normalized spacial score (nSPS) is 17.3. The van der Waals surface area contributed by atoms with Gasteiger partial charge in [0.05, 0.1) is 46.2 Å². The molecule has 1 fully saturated rings. The number of unbranched alkanes of at least 4 members (excludes halogenated alkanes) is 1. The van der Waals surface area contributed by atoms with Crippen molar-refractivity contribution in [3.05, 3.63) is 0 Å². The molecule has 1 aliphatic rings. The summed E-state index contributed by atoms with van der Waals surface area (Å²) in [5.41, 5.74) is 0. The molecular formula is C16H31NO5S2. The molecule has 1 aliphatic heterocycles. The smallest absolute Gasteiger partial charge is 0.220 e. The average Bonchev–Trinajstić information content (AvgIpc) is 3.10. The Kier molecular flexibility index (Phi) is 15.1. The number of carbonyl (C=O) groups is 1. The van der Waals surface area contributed by atoms with Gasteiger partial charge in [0.2, 0.25) is 5.91 Å². The molecule has 1 heterocycles. The highest BCUT2D eigenvalue weighted by Gasteiger charge is 2.15. The van der Waals surface area contributed by atoms with Crippen LogP contribution in [0.15, 0.2) is 0 Å². The number of ether oxygens (including phenoxy) is 3. The van der Waals surface area contributed by atoms with Crippen molar-refractivity contribution in [1.29, 1.82) is 0 Å². The van der Waals surface area contributed by atoms with Gasteiger partial charge in [-0.25, -0.2) is 0 Å². The van der Waals surface area contributed by atoms with E-state index in [4.69, 9.17) is 19.3 Å². The van der Waals surface area contributed by atoms with E-state index >= 15 is 0 Å². The van der Waals surface area contributed by atoms with Crippen molar-refractivity contribution in [2.24, 2.45) is 0 Å². The molecule has 24 heavy (non-hydrogen) atoms. The second-order valence-corrected chi connectivity index (χ2v) is 8.27. The zero-order chi connectivity index (χ0) is 17.3. The number of carbonyl (C=O) groups excluding carboxylic acids is 1. The highest BCUT2D eigenvalue weighted by molar-refractivity contribution is 8.77. The van der Waals surface area contributed by atoms with Gasteiger partial charge in [0, 0.05) is 24.0 Å². The first-order chi connectivity index (χ1) is 11.8. The van der Waals surface area contributed by atoms with E-state index in [1.807, 2.05) is 21.6 Å². The lowest BCUT2D eigenvalue weighted by molar-refractivity contribution is -0.121. The van der Waals surface area contributed by atoms with E-state index in [1.165, 1.54) is 18.6 Å². The van der Waals surface area contributed by atoms with Gasteiger partial charge in [0.25, 0.3) is 0 Å². The van der Waals surface area contributed by atoms with Crippen LogP contribution in [0.1, 0.15) is 32.1 Å². The van der Waals surface area contributed by atoms with Crippen LogP contribution in [0.3, 0.4) is 0 Å². The first kappa shape index (κ1) is 22.1. The van der Waals surface area contributed by atoms with Crippen LogP contribution in [0.25, 0.3) is 0 Å². The van der Waals surface area contributed by atoms with E-state index < -0.39 is 0 Å². The van der Waals surface area contributed by atoms with Crippen LogP contribution >= 0.6 is 21.6 Å². The Labute approximate surface area is 153 Å². The second kappa shape index (κ2) is 16.5. The van der Waals surface area contributed by atoms with E-state index in [2.05, 4.69) is 5.32 Å². The first-order valence-corrected chi connectivity index (χ1v) is 11.1. The van der Waals surface area contributed by atoms with Crippen LogP contribution in [0.2, 0.25) is 0 Å². The van der Waals surface area contributed by atoms with Gasteiger partial charge in [-0.15, -0.1) is 0 Å². The quantitative estimate of drug-likeness (QED) is 0.312. The summed E-state index contributed by atoms with van der Waals surface area (Å²) in [4.78, 5) is 11.7. The van der Waals surface area contributed by atoms with E-state index in [9.17, 15) is 4.79 Å². The summed E-state index contributed by atoms with van der Waals surface area (Å²) >= 11 is 0. The van der Waals surface area contributed by atoms with Gasteiger partial charge in [-0.1, -0.05) is 28.0 Å². The van der Waals surface area contributed by atoms with Crippen molar-refractivity contribution in [2.45, 2.75) is 37.4 Å². The van der Waals surface area contributed by atoms with Gasteiger partial charge in [0.15, 0.2) is 0 Å². The first-order valence-electron chi connectivity index (χ1n) is 8.72. The summed E-state index contributed by atoms with van der Waals surface area (Å²) in [6.07, 6.45) is 5.28. The third kappa shape index (κ3) is 13.3. The molecule has 0 spiro atoms. The van der Waals surface area contributed by atoms with Crippen LogP contribution in [0.5, 0.6) is 0 Å². The number of hydrogen-bond acceptors (Lipinski definition) is 7. The molecule has 1 rings (SSSR count). The Hall–Kier alpha value is 0.01000. The van der Waals surface area contributed by atoms with Crippen LogP contribution < -0.4 is 5.32 Å². The number of aliphatic hydroxyl groups excluding tert-OH is 1. The van der Waals surface area contributed by atoms with E-state index in [0.29, 0.717) is 52.6 Å². The number of hydrogen-bond donors (Lipinski definition) is 2. The SMILES string of the molecule is O=C(CCCCC1CCSS1)NCCOCCOCCOCCO. The van der Waals surface area contributed by atoms with Crippen LogP contribution in [-0.2, 0) is 19.0 Å². The molecule has 2 N–H and O–H groups in total. The number of amides is 1. The Morgan fingerprint density at radius 1 is 1.04 bits per heavy atom. The topological polar surface area (TPSA) is 77.0 Å². The van der Waals surface area contributed by atoms with E-state index in [-0.39, 0.29) is 12.5 Å². The lowest BCUT2D eigenvalue weighted by Crippen LogP contribution is -2.27. The molecule has 1 unspecified atom stereocenters. The fourth-order valence-electron chi connectivity index (χ4n) is 2.18. The molecule has 0 aromatic heterocycles. The Balaban J connectivity index is 1.74. The van der Waals surface area contributed by atoms with Crippen LogP contribution in [0, 0.1) is 0 Å². The van der Waals surface area contributed by atoms with Crippen LogP contribution in [-0.4, -0.2) is 74.8 Å². The molecule has 0 bridgehead atoms. The summed E-state index contributed by atoms with van der Waals surface area (Å²) in [5, 5.41) is 12.2. The summed E-state index contributed by atoms with van der Waals surface area (Å²) < 4.78 is 15.7. The molecule has 8 heteroatoms. The molecule has 1 atom stereocenters. The van der Waals surface area contributed by atoms with E-state index in [0.717, 1.165) is 18.1 Å². The zero-order valence-electron chi connectivity index (χ0n) is 14.4. The molecule has 1 saturated heterocycles. The standard InChI is InChI=1S/C16H31NO5S2/c18-7-9-21-11-13-22-12-10-20-8-6-17-16(19)4-2-1-3-15-5-14-23-24-15/h15,18H,1-14H2,(H,17,19). The molecule has 1 amide bonds. The van der Waals surface area contributed by atoms with Gasteiger partial charge in [-0.05, 0) is 19.3 Å². The minimum absolute atomic E-state index is 0.0353. The number of nitrogens with one attached hydrogen (secondary N) is 1. The van der Waals surface area contributed by atoms with Crippen molar-refractivity contribution in [3.8, 4) is 0 Å². The molecular weight excluding hydrogens is 350 g/mol. The summed E-state index contributed by atoms with van der Waals surface area (Å²) in [6.45, 7) is 3.43. The number of rotatable bonds is 16. The summed E-state index contributed by atoms with van der Waals surface area (Å²) in [5.74, 6) is 1.39. The summed E-state index contributed by atoms with van der Waals surface area (Å²) in [7, 11) is 3.97. The highest BCUT2D eigenvalue weighted by atomic mass is 33.1.